The van der Waals surface area contributed by atoms with Gasteiger partial charge in [0, 0.05) is 29.0 Å². The Morgan fingerprint density at radius 1 is 1.07 bits per heavy atom. The highest BCUT2D eigenvalue weighted by Crippen LogP contribution is 2.38. The molecule has 0 atom stereocenters. The molecule has 0 saturated heterocycles. The second-order valence-electron chi connectivity index (χ2n) is 7.19. The molecule has 140 valence electrons. The Kier molecular flexibility index (Phi) is 4.62. The van der Waals surface area contributed by atoms with E-state index in [4.69, 9.17) is 9.47 Å². The fourth-order valence-corrected chi connectivity index (χ4v) is 3.09. The minimum absolute atomic E-state index is 0.0260. The molecular formula is C22H23NO4. The van der Waals surface area contributed by atoms with Crippen molar-refractivity contribution >= 4 is 10.9 Å². The monoisotopic (exact) mass is 365 g/mol. The number of para-hydroxylation sites is 1. The van der Waals surface area contributed by atoms with Crippen LogP contribution in [0.5, 0.6) is 11.5 Å². The number of H-pyrrole nitrogens is 1. The molecule has 1 aliphatic carbocycles. The second-order valence-corrected chi connectivity index (χ2v) is 7.19. The molecule has 0 aliphatic heterocycles. The van der Waals surface area contributed by atoms with E-state index in [1.165, 1.54) is 0 Å². The van der Waals surface area contributed by atoms with Gasteiger partial charge in [0.1, 0.15) is 18.1 Å². The quantitative estimate of drug-likeness (QED) is 0.670. The third-order valence-corrected chi connectivity index (χ3v) is 5.10. The van der Waals surface area contributed by atoms with Gasteiger partial charge in [0.05, 0.1) is 17.9 Å². The van der Waals surface area contributed by atoms with Crippen molar-refractivity contribution in [3.8, 4) is 11.5 Å². The maximum absolute atomic E-state index is 12.5. The van der Waals surface area contributed by atoms with Crippen LogP contribution in [0.15, 0.2) is 53.3 Å². The lowest BCUT2D eigenvalue weighted by Crippen LogP contribution is -2.13. The van der Waals surface area contributed by atoms with Gasteiger partial charge >= 0.3 is 0 Å². The Hall–Kier alpha value is -2.79. The van der Waals surface area contributed by atoms with E-state index in [1.807, 2.05) is 55.5 Å². The van der Waals surface area contributed by atoms with E-state index < -0.39 is 5.60 Å². The molecule has 0 unspecified atom stereocenters. The fraction of sp³-hybridized carbons (Fsp3) is 0.318. The van der Waals surface area contributed by atoms with Crippen molar-refractivity contribution in [1.29, 1.82) is 0 Å². The first-order valence-corrected chi connectivity index (χ1v) is 9.23. The number of aromatic nitrogens is 1. The topological polar surface area (TPSA) is 71.5 Å². The summed E-state index contributed by atoms with van der Waals surface area (Å²) in [6.45, 7) is 2.57. The average molecular weight is 365 g/mol. The zero-order valence-electron chi connectivity index (χ0n) is 15.3. The van der Waals surface area contributed by atoms with Crippen LogP contribution in [0, 0.1) is 6.92 Å². The minimum atomic E-state index is -0.506. The Morgan fingerprint density at radius 2 is 1.81 bits per heavy atom. The molecule has 0 radical (unpaired) electrons. The van der Waals surface area contributed by atoms with E-state index in [2.05, 4.69) is 4.98 Å². The summed E-state index contributed by atoms with van der Waals surface area (Å²) >= 11 is 0. The van der Waals surface area contributed by atoms with Gasteiger partial charge < -0.3 is 19.6 Å². The molecule has 2 N–H and O–H groups in total. The van der Waals surface area contributed by atoms with Crippen molar-refractivity contribution in [3.05, 3.63) is 70.0 Å². The second kappa shape index (κ2) is 7.08. The summed E-state index contributed by atoms with van der Waals surface area (Å²) in [7, 11) is 0. The lowest BCUT2D eigenvalue weighted by atomic mass is 10.1. The molecule has 0 bridgehead atoms. The molecule has 27 heavy (non-hydrogen) atoms. The van der Waals surface area contributed by atoms with Crippen LogP contribution in [0.1, 0.15) is 30.5 Å². The van der Waals surface area contributed by atoms with E-state index in [1.54, 1.807) is 0 Å². The summed E-state index contributed by atoms with van der Waals surface area (Å²) in [4.78, 5) is 15.8. The van der Waals surface area contributed by atoms with Crippen LogP contribution in [0.2, 0.25) is 0 Å². The van der Waals surface area contributed by atoms with Gasteiger partial charge in [-0.15, -0.1) is 0 Å². The lowest BCUT2D eigenvalue weighted by Gasteiger charge is -2.12. The summed E-state index contributed by atoms with van der Waals surface area (Å²) in [5.41, 5.74) is 1.76. The van der Waals surface area contributed by atoms with Gasteiger partial charge in [-0.1, -0.05) is 18.2 Å². The number of rotatable bonds is 7. The number of ether oxygens (including phenoxy) is 2. The van der Waals surface area contributed by atoms with Crippen LogP contribution < -0.4 is 14.9 Å². The highest BCUT2D eigenvalue weighted by Gasteiger charge is 2.39. The molecule has 4 rings (SSSR count). The highest BCUT2D eigenvalue weighted by atomic mass is 16.5. The van der Waals surface area contributed by atoms with Crippen LogP contribution in [0.3, 0.4) is 0 Å². The molecule has 3 aromatic rings. The maximum Gasteiger partial charge on any atom is 0.192 e. The Labute approximate surface area is 157 Å². The summed E-state index contributed by atoms with van der Waals surface area (Å²) in [6, 6.07) is 14.9. The maximum atomic E-state index is 12.5. The number of pyridine rings is 1. The van der Waals surface area contributed by atoms with Crippen LogP contribution in [-0.4, -0.2) is 22.3 Å². The molecule has 1 heterocycles. The third-order valence-electron chi connectivity index (χ3n) is 5.10. The van der Waals surface area contributed by atoms with Crippen molar-refractivity contribution in [3.63, 3.8) is 0 Å². The van der Waals surface area contributed by atoms with E-state index in [0.29, 0.717) is 35.5 Å². The summed E-state index contributed by atoms with van der Waals surface area (Å²) < 4.78 is 11.6. The van der Waals surface area contributed by atoms with Gasteiger partial charge in [-0.25, -0.2) is 0 Å². The summed E-state index contributed by atoms with van der Waals surface area (Å²) in [5, 5.41) is 10.5. The van der Waals surface area contributed by atoms with Gasteiger partial charge in [0.2, 0.25) is 0 Å². The molecule has 1 saturated carbocycles. The average Bonchev–Trinajstić information content (AvgIpc) is 3.41. The molecule has 1 fully saturated rings. The Morgan fingerprint density at radius 3 is 2.59 bits per heavy atom. The van der Waals surface area contributed by atoms with Crippen LogP contribution in [0.25, 0.3) is 10.9 Å². The smallest absolute Gasteiger partial charge is 0.192 e. The van der Waals surface area contributed by atoms with Crippen molar-refractivity contribution in [2.75, 3.05) is 6.61 Å². The van der Waals surface area contributed by atoms with E-state index in [0.717, 1.165) is 24.1 Å². The molecule has 5 heteroatoms. The number of nitrogens with one attached hydrogen (secondary N) is 1. The molecule has 1 aromatic heterocycles. The van der Waals surface area contributed by atoms with Crippen molar-refractivity contribution in [1.82, 2.24) is 4.98 Å². The van der Waals surface area contributed by atoms with Gasteiger partial charge in [-0.3, -0.25) is 4.79 Å². The van der Waals surface area contributed by atoms with Crippen molar-refractivity contribution in [2.45, 2.75) is 38.4 Å². The normalized spacial score (nSPS) is 14.9. The van der Waals surface area contributed by atoms with Gasteiger partial charge in [-0.05, 0) is 44.0 Å². The zero-order valence-corrected chi connectivity index (χ0v) is 15.3. The number of hydrogen-bond acceptors (Lipinski definition) is 4. The first-order valence-electron chi connectivity index (χ1n) is 9.23. The predicted molar refractivity (Wildman–Crippen MR) is 104 cm³/mol. The number of aromatic amines is 1. The van der Waals surface area contributed by atoms with Crippen LogP contribution >= 0.6 is 0 Å². The minimum Gasteiger partial charge on any atom is -0.493 e. The van der Waals surface area contributed by atoms with E-state index in [9.17, 15) is 9.90 Å². The Bertz CT molecular complexity index is 1020. The molecule has 0 amide bonds. The van der Waals surface area contributed by atoms with Gasteiger partial charge in [0.15, 0.2) is 5.43 Å². The molecule has 0 spiro atoms. The summed E-state index contributed by atoms with van der Waals surface area (Å²) in [6.07, 6.45) is 2.38. The first-order chi connectivity index (χ1) is 13.0. The highest BCUT2D eigenvalue weighted by molar-refractivity contribution is 5.79. The molecular weight excluding hydrogens is 342 g/mol. The molecule has 1 aliphatic rings. The predicted octanol–water partition coefficient (Wildman–Crippen LogP) is 3.71. The molecule has 2 aromatic carbocycles. The SMILES string of the molecule is Cc1c(COc2cccc(OCCC3(O)CC3)c2)[nH]c2ccccc2c1=O. The van der Waals surface area contributed by atoms with E-state index in [-0.39, 0.29) is 12.0 Å². The third kappa shape index (κ3) is 3.98. The largest absolute Gasteiger partial charge is 0.493 e. The number of aliphatic hydroxyl groups is 1. The van der Waals surface area contributed by atoms with Gasteiger partial charge in [-0.2, -0.15) is 0 Å². The standard InChI is InChI=1S/C22H23NO4/c1-15-20(23-19-8-3-2-7-18(19)21(15)24)14-27-17-6-4-5-16(13-17)26-12-11-22(25)9-10-22/h2-8,13,25H,9-12,14H2,1H3,(H,23,24). The van der Waals surface area contributed by atoms with Gasteiger partial charge in [0.25, 0.3) is 0 Å². The lowest BCUT2D eigenvalue weighted by molar-refractivity contribution is 0.117. The van der Waals surface area contributed by atoms with Crippen molar-refractivity contribution < 1.29 is 14.6 Å². The first kappa shape index (κ1) is 17.6. The number of hydrogen-bond donors (Lipinski definition) is 2. The fourth-order valence-electron chi connectivity index (χ4n) is 3.09. The van der Waals surface area contributed by atoms with Crippen LogP contribution in [-0.2, 0) is 6.61 Å². The number of fused-ring (bicyclic) bond motifs is 1. The molecule has 5 nitrogen and oxygen atoms in total. The Balaban J connectivity index is 1.44. The zero-order chi connectivity index (χ0) is 18.9. The van der Waals surface area contributed by atoms with Crippen LogP contribution in [0.4, 0.5) is 0 Å². The number of benzene rings is 2. The summed E-state index contributed by atoms with van der Waals surface area (Å²) in [5.74, 6) is 1.38. The van der Waals surface area contributed by atoms with Crippen molar-refractivity contribution in [2.24, 2.45) is 0 Å². The van der Waals surface area contributed by atoms with E-state index >= 15 is 0 Å².